The first-order valence-electron chi connectivity index (χ1n) is 6.02. The predicted molar refractivity (Wildman–Crippen MR) is 57.6 cm³/mol. The van der Waals surface area contributed by atoms with E-state index >= 15 is 0 Å². The average molecular weight is 206 g/mol. The Balaban J connectivity index is 1.67. The van der Waals surface area contributed by atoms with Crippen LogP contribution in [0.5, 0.6) is 0 Å². The van der Waals surface area contributed by atoms with Crippen molar-refractivity contribution < 1.29 is 0 Å². The first-order valence-corrected chi connectivity index (χ1v) is 6.02. The molecule has 1 atom stereocenters. The molecule has 0 spiro atoms. The standard InChI is InChI=1S/C11H18N4/c1-2-9(7-12-5-1)6-11-14-13-8-15(11)10-3-4-10/h8-10,12H,1-7H2. The van der Waals surface area contributed by atoms with Crippen LogP contribution in [-0.4, -0.2) is 27.9 Å². The van der Waals surface area contributed by atoms with Crippen LogP contribution in [-0.2, 0) is 6.42 Å². The molecule has 1 N–H and O–H groups in total. The molecule has 1 aliphatic heterocycles. The van der Waals surface area contributed by atoms with Crippen LogP contribution in [0.15, 0.2) is 6.33 Å². The van der Waals surface area contributed by atoms with Gasteiger partial charge in [-0.1, -0.05) is 0 Å². The summed E-state index contributed by atoms with van der Waals surface area (Å²) in [6, 6.07) is 0.714. The van der Waals surface area contributed by atoms with Crippen molar-refractivity contribution in [1.82, 2.24) is 20.1 Å². The number of rotatable bonds is 3. The van der Waals surface area contributed by atoms with Crippen LogP contribution in [0.25, 0.3) is 0 Å². The highest BCUT2D eigenvalue weighted by Crippen LogP contribution is 2.35. The molecule has 1 aromatic rings. The molecule has 1 aliphatic carbocycles. The Morgan fingerprint density at radius 1 is 1.40 bits per heavy atom. The van der Waals surface area contributed by atoms with Crippen LogP contribution < -0.4 is 5.32 Å². The molecule has 82 valence electrons. The van der Waals surface area contributed by atoms with Gasteiger partial charge in [0.1, 0.15) is 12.2 Å². The maximum Gasteiger partial charge on any atom is 0.133 e. The molecule has 1 saturated heterocycles. The van der Waals surface area contributed by atoms with E-state index < -0.39 is 0 Å². The zero-order valence-corrected chi connectivity index (χ0v) is 9.02. The van der Waals surface area contributed by atoms with Crippen LogP contribution in [0.3, 0.4) is 0 Å². The van der Waals surface area contributed by atoms with Crippen molar-refractivity contribution in [3.63, 3.8) is 0 Å². The van der Waals surface area contributed by atoms with Gasteiger partial charge < -0.3 is 9.88 Å². The van der Waals surface area contributed by atoms with Crippen molar-refractivity contribution in [2.75, 3.05) is 13.1 Å². The maximum absolute atomic E-state index is 4.26. The number of aromatic nitrogens is 3. The van der Waals surface area contributed by atoms with Crippen molar-refractivity contribution in [2.45, 2.75) is 38.1 Å². The van der Waals surface area contributed by atoms with Gasteiger partial charge >= 0.3 is 0 Å². The van der Waals surface area contributed by atoms with E-state index in [9.17, 15) is 0 Å². The van der Waals surface area contributed by atoms with E-state index in [-0.39, 0.29) is 0 Å². The molecule has 4 nitrogen and oxygen atoms in total. The highest BCUT2D eigenvalue weighted by atomic mass is 15.3. The van der Waals surface area contributed by atoms with Crippen LogP contribution >= 0.6 is 0 Å². The van der Waals surface area contributed by atoms with Gasteiger partial charge in [0, 0.05) is 12.5 Å². The molecular formula is C11H18N4. The Bertz CT molecular complexity index is 323. The molecule has 0 bridgehead atoms. The largest absolute Gasteiger partial charge is 0.316 e. The maximum atomic E-state index is 4.26. The summed E-state index contributed by atoms with van der Waals surface area (Å²) in [6.45, 7) is 2.34. The van der Waals surface area contributed by atoms with Crippen LogP contribution in [0.1, 0.15) is 37.5 Å². The summed E-state index contributed by atoms with van der Waals surface area (Å²) in [5, 5.41) is 11.8. The zero-order chi connectivity index (χ0) is 10.1. The fourth-order valence-electron chi connectivity index (χ4n) is 2.43. The molecule has 15 heavy (non-hydrogen) atoms. The molecule has 1 unspecified atom stereocenters. The molecule has 4 heteroatoms. The first-order chi connectivity index (χ1) is 7.43. The third-order valence-electron chi connectivity index (χ3n) is 3.46. The first kappa shape index (κ1) is 9.33. The molecule has 1 saturated carbocycles. The normalized spacial score (nSPS) is 26.8. The fraction of sp³-hybridized carbons (Fsp3) is 0.818. The van der Waals surface area contributed by atoms with Gasteiger partial charge in [0.15, 0.2) is 0 Å². The van der Waals surface area contributed by atoms with Crippen LogP contribution in [0.2, 0.25) is 0 Å². The Morgan fingerprint density at radius 3 is 3.07 bits per heavy atom. The lowest BCUT2D eigenvalue weighted by molar-refractivity contribution is 0.366. The fourth-order valence-corrected chi connectivity index (χ4v) is 2.43. The molecule has 0 amide bonds. The van der Waals surface area contributed by atoms with Gasteiger partial charge in [-0.2, -0.15) is 0 Å². The van der Waals surface area contributed by atoms with E-state index in [2.05, 4.69) is 20.1 Å². The summed E-state index contributed by atoms with van der Waals surface area (Å²) in [5.41, 5.74) is 0. The minimum atomic E-state index is 0.714. The van der Waals surface area contributed by atoms with Gasteiger partial charge in [-0.05, 0) is 44.7 Å². The molecular weight excluding hydrogens is 188 g/mol. The smallest absolute Gasteiger partial charge is 0.133 e. The third-order valence-corrected chi connectivity index (χ3v) is 3.46. The topological polar surface area (TPSA) is 42.7 Å². The van der Waals surface area contributed by atoms with Gasteiger partial charge in [0.05, 0.1) is 0 Å². The monoisotopic (exact) mass is 206 g/mol. The van der Waals surface area contributed by atoms with Gasteiger partial charge in [0.2, 0.25) is 0 Å². The summed E-state index contributed by atoms with van der Waals surface area (Å²) >= 11 is 0. The second-order valence-electron chi connectivity index (χ2n) is 4.80. The van der Waals surface area contributed by atoms with Gasteiger partial charge in [-0.25, -0.2) is 0 Å². The van der Waals surface area contributed by atoms with Crippen molar-refractivity contribution in [3.05, 3.63) is 12.2 Å². The summed E-state index contributed by atoms with van der Waals surface area (Å²) in [7, 11) is 0. The van der Waals surface area contributed by atoms with Gasteiger partial charge in [0.25, 0.3) is 0 Å². The molecule has 0 radical (unpaired) electrons. The Labute approximate surface area is 90.1 Å². The zero-order valence-electron chi connectivity index (χ0n) is 9.02. The lowest BCUT2D eigenvalue weighted by Gasteiger charge is -2.22. The highest BCUT2D eigenvalue weighted by Gasteiger charge is 2.27. The van der Waals surface area contributed by atoms with E-state index in [1.807, 2.05) is 6.33 Å². The Morgan fingerprint density at radius 2 is 2.33 bits per heavy atom. The Hall–Kier alpha value is -0.900. The number of piperidine rings is 1. The summed E-state index contributed by atoms with van der Waals surface area (Å²) in [5.74, 6) is 1.96. The minimum absolute atomic E-state index is 0.714. The molecule has 2 fully saturated rings. The van der Waals surface area contributed by atoms with Gasteiger partial charge in [-0.15, -0.1) is 10.2 Å². The second kappa shape index (κ2) is 3.93. The number of nitrogens with one attached hydrogen (secondary N) is 1. The predicted octanol–water partition coefficient (Wildman–Crippen LogP) is 1.16. The summed E-state index contributed by atoms with van der Waals surface area (Å²) < 4.78 is 2.29. The third kappa shape index (κ3) is 2.04. The second-order valence-corrected chi connectivity index (χ2v) is 4.80. The average Bonchev–Trinajstić information content (AvgIpc) is 3.02. The van der Waals surface area contributed by atoms with E-state index in [0.717, 1.165) is 18.9 Å². The number of hydrogen-bond donors (Lipinski definition) is 1. The van der Waals surface area contributed by atoms with E-state index in [1.165, 1.54) is 38.1 Å². The Kier molecular flexibility index (Phi) is 2.44. The molecule has 2 aliphatic rings. The lowest BCUT2D eigenvalue weighted by atomic mass is 9.96. The van der Waals surface area contributed by atoms with Crippen LogP contribution in [0, 0.1) is 5.92 Å². The minimum Gasteiger partial charge on any atom is -0.316 e. The van der Waals surface area contributed by atoms with E-state index in [1.54, 1.807) is 0 Å². The lowest BCUT2D eigenvalue weighted by Crippen LogP contribution is -2.31. The van der Waals surface area contributed by atoms with Crippen LogP contribution in [0.4, 0.5) is 0 Å². The van der Waals surface area contributed by atoms with Crippen molar-refractivity contribution in [3.8, 4) is 0 Å². The molecule has 0 aromatic carbocycles. The summed E-state index contributed by atoms with van der Waals surface area (Å²) in [6.07, 6.45) is 8.28. The molecule has 3 rings (SSSR count). The van der Waals surface area contributed by atoms with E-state index in [4.69, 9.17) is 0 Å². The summed E-state index contributed by atoms with van der Waals surface area (Å²) in [4.78, 5) is 0. The quantitative estimate of drug-likeness (QED) is 0.807. The molecule has 1 aromatic heterocycles. The van der Waals surface area contributed by atoms with E-state index in [0.29, 0.717) is 6.04 Å². The molecule has 2 heterocycles. The number of nitrogens with zero attached hydrogens (tertiary/aromatic N) is 3. The SMILES string of the molecule is c1nnc(CC2CCCNC2)n1C1CC1. The van der Waals surface area contributed by atoms with Crippen molar-refractivity contribution in [1.29, 1.82) is 0 Å². The highest BCUT2D eigenvalue weighted by molar-refractivity contribution is 4.96. The van der Waals surface area contributed by atoms with Gasteiger partial charge in [-0.3, -0.25) is 0 Å². The van der Waals surface area contributed by atoms with Crippen molar-refractivity contribution >= 4 is 0 Å². The number of hydrogen-bond acceptors (Lipinski definition) is 3. The van der Waals surface area contributed by atoms with Crippen molar-refractivity contribution in [2.24, 2.45) is 5.92 Å².